The molecule has 0 aliphatic carbocycles. The summed E-state index contributed by atoms with van der Waals surface area (Å²) in [5, 5.41) is 2.92. The van der Waals surface area contributed by atoms with E-state index in [2.05, 4.69) is 5.32 Å². The Hall–Kier alpha value is -3.47. The van der Waals surface area contributed by atoms with E-state index in [1.54, 1.807) is 24.0 Å². The SMILES string of the molecule is Cc1ccc(CNC(=O)C(C)N(Cc2ccc(F)cc2)C(=O)Cc2ccccc2)cc1. The first-order valence-electron chi connectivity index (χ1n) is 10.3. The van der Waals surface area contributed by atoms with E-state index in [-0.39, 0.29) is 30.6 Å². The van der Waals surface area contributed by atoms with Gasteiger partial charge in [0.05, 0.1) is 6.42 Å². The zero-order valence-electron chi connectivity index (χ0n) is 17.8. The molecule has 0 spiro atoms. The maximum atomic E-state index is 13.3. The summed E-state index contributed by atoms with van der Waals surface area (Å²) in [6.45, 7) is 4.35. The van der Waals surface area contributed by atoms with E-state index in [0.717, 1.165) is 22.3 Å². The Kier molecular flexibility index (Phi) is 7.55. The topological polar surface area (TPSA) is 49.4 Å². The third-order valence-electron chi connectivity index (χ3n) is 5.22. The molecule has 0 aliphatic heterocycles. The Morgan fingerprint density at radius 2 is 1.48 bits per heavy atom. The highest BCUT2D eigenvalue weighted by Gasteiger charge is 2.26. The summed E-state index contributed by atoms with van der Waals surface area (Å²) in [5.74, 6) is -0.729. The molecule has 3 aromatic rings. The highest BCUT2D eigenvalue weighted by Crippen LogP contribution is 2.13. The number of aryl methyl sites for hydroxylation is 1. The monoisotopic (exact) mass is 418 g/mol. The van der Waals surface area contributed by atoms with E-state index in [1.807, 2.05) is 61.5 Å². The van der Waals surface area contributed by atoms with Crippen molar-refractivity contribution >= 4 is 11.8 Å². The van der Waals surface area contributed by atoms with Crippen molar-refractivity contribution in [3.63, 3.8) is 0 Å². The first kappa shape index (κ1) is 22.2. The van der Waals surface area contributed by atoms with Crippen molar-refractivity contribution in [1.29, 1.82) is 0 Å². The summed E-state index contributed by atoms with van der Waals surface area (Å²) >= 11 is 0. The second kappa shape index (κ2) is 10.5. The van der Waals surface area contributed by atoms with E-state index < -0.39 is 6.04 Å². The fourth-order valence-corrected chi connectivity index (χ4v) is 3.28. The molecule has 1 unspecified atom stereocenters. The van der Waals surface area contributed by atoms with Crippen molar-refractivity contribution in [3.05, 3.63) is 107 Å². The predicted octanol–water partition coefficient (Wildman–Crippen LogP) is 4.41. The van der Waals surface area contributed by atoms with Crippen LogP contribution >= 0.6 is 0 Å². The molecule has 3 aromatic carbocycles. The number of halogens is 1. The molecule has 0 saturated carbocycles. The Morgan fingerprint density at radius 3 is 2.13 bits per heavy atom. The van der Waals surface area contributed by atoms with Crippen molar-refractivity contribution < 1.29 is 14.0 Å². The number of rotatable bonds is 8. The third-order valence-corrected chi connectivity index (χ3v) is 5.22. The second-order valence-corrected chi connectivity index (χ2v) is 7.69. The van der Waals surface area contributed by atoms with Crippen LogP contribution in [0.4, 0.5) is 4.39 Å². The third kappa shape index (κ3) is 6.51. The molecule has 0 fully saturated rings. The van der Waals surface area contributed by atoms with Gasteiger partial charge in [-0.1, -0.05) is 72.3 Å². The molecule has 4 nitrogen and oxygen atoms in total. The van der Waals surface area contributed by atoms with Crippen LogP contribution in [0.1, 0.15) is 29.2 Å². The van der Waals surface area contributed by atoms with Gasteiger partial charge >= 0.3 is 0 Å². The minimum Gasteiger partial charge on any atom is -0.350 e. The van der Waals surface area contributed by atoms with Crippen LogP contribution in [0.25, 0.3) is 0 Å². The first-order chi connectivity index (χ1) is 14.9. The number of carbonyl (C=O) groups excluding carboxylic acids is 2. The molecule has 3 rings (SSSR count). The number of amides is 2. The zero-order valence-corrected chi connectivity index (χ0v) is 17.8. The average molecular weight is 419 g/mol. The maximum Gasteiger partial charge on any atom is 0.242 e. The lowest BCUT2D eigenvalue weighted by molar-refractivity contribution is -0.140. The van der Waals surface area contributed by atoms with Crippen LogP contribution in [0.2, 0.25) is 0 Å². The highest BCUT2D eigenvalue weighted by atomic mass is 19.1. The normalized spacial score (nSPS) is 11.6. The van der Waals surface area contributed by atoms with Gasteiger partial charge < -0.3 is 10.2 Å². The van der Waals surface area contributed by atoms with E-state index >= 15 is 0 Å². The molecule has 0 saturated heterocycles. The molecule has 160 valence electrons. The van der Waals surface area contributed by atoms with Gasteiger partial charge in [0.2, 0.25) is 11.8 Å². The van der Waals surface area contributed by atoms with Gasteiger partial charge in [-0.15, -0.1) is 0 Å². The smallest absolute Gasteiger partial charge is 0.242 e. The fourth-order valence-electron chi connectivity index (χ4n) is 3.28. The maximum absolute atomic E-state index is 13.3. The number of nitrogens with one attached hydrogen (secondary N) is 1. The Morgan fingerprint density at radius 1 is 0.871 bits per heavy atom. The van der Waals surface area contributed by atoms with Gasteiger partial charge in [0.1, 0.15) is 11.9 Å². The molecule has 0 bridgehead atoms. The number of carbonyl (C=O) groups is 2. The van der Waals surface area contributed by atoms with Gasteiger partial charge in [-0.25, -0.2) is 4.39 Å². The first-order valence-corrected chi connectivity index (χ1v) is 10.3. The minimum absolute atomic E-state index is 0.159. The molecule has 1 atom stereocenters. The molecule has 0 aromatic heterocycles. The van der Waals surface area contributed by atoms with Crippen molar-refractivity contribution in [2.45, 2.75) is 39.4 Å². The van der Waals surface area contributed by atoms with Gasteiger partial charge in [-0.05, 0) is 42.7 Å². The van der Waals surface area contributed by atoms with Crippen molar-refractivity contribution in [3.8, 4) is 0 Å². The summed E-state index contributed by atoms with van der Waals surface area (Å²) in [6.07, 6.45) is 0.192. The lowest BCUT2D eigenvalue weighted by Gasteiger charge is -2.29. The summed E-state index contributed by atoms with van der Waals surface area (Å²) in [7, 11) is 0. The van der Waals surface area contributed by atoms with Crippen LogP contribution in [-0.2, 0) is 29.1 Å². The second-order valence-electron chi connectivity index (χ2n) is 7.69. The number of hydrogen-bond acceptors (Lipinski definition) is 2. The van der Waals surface area contributed by atoms with Gasteiger partial charge in [-0.3, -0.25) is 9.59 Å². The van der Waals surface area contributed by atoms with Gasteiger partial charge in [0.25, 0.3) is 0 Å². The zero-order chi connectivity index (χ0) is 22.2. The van der Waals surface area contributed by atoms with Gasteiger partial charge in [-0.2, -0.15) is 0 Å². The van der Waals surface area contributed by atoms with Crippen LogP contribution in [-0.4, -0.2) is 22.8 Å². The summed E-state index contributed by atoms with van der Waals surface area (Å²) < 4.78 is 13.3. The predicted molar refractivity (Wildman–Crippen MR) is 120 cm³/mol. The Balaban J connectivity index is 1.72. The number of nitrogens with zero attached hydrogens (tertiary/aromatic N) is 1. The van der Waals surface area contributed by atoms with Gasteiger partial charge in [0, 0.05) is 13.1 Å². The molecular weight excluding hydrogens is 391 g/mol. The van der Waals surface area contributed by atoms with E-state index in [1.165, 1.54) is 12.1 Å². The molecule has 0 aliphatic rings. The van der Waals surface area contributed by atoms with Crippen LogP contribution in [0.3, 0.4) is 0 Å². The standard InChI is InChI=1S/C26H27FN2O2/c1-19-8-10-22(11-9-19)17-28-26(31)20(2)29(18-23-12-14-24(27)15-13-23)25(30)16-21-6-4-3-5-7-21/h3-15,20H,16-18H2,1-2H3,(H,28,31). The van der Waals surface area contributed by atoms with Crippen LogP contribution in [0.5, 0.6) is 0 Å². The number of hydrogen-bond donors (Lipinski definition) is 1. The van der Waals surface area contributed by atoms with Crippen LogP contribution < -0.4 is 5.32 Å². The lowest BCUT2D eigenvalue weighted by atomic mass is 10.1. The van der Waals surface area contributed by atoms with Crippen LogP contribution in [0, 0.1) is 12.7 Å². The average Bonchev–Trinajstić information content (AvgIpc) is 2.78. The molecule has 0 radical (unpaired) electrons. The van der Waals surface area contributed by atoms with E-state index in [9.17, 15) is 14.0 Å². The van der Waals surface area contributed by atoms with Gasteiger partial charge in [0.15, 0.2) is 0 Å². The van der Waals surface area contributed by atoms with Crippen molar-refractivity contribution in [2.24, 2.45) is 0 Å². The summed E-state index contributed by atoms with van der Waals surface area (Å²) in [6, 6.07) is 22.7. The highest BCUT2D eigenvalue weighted by molar-refractivity contribution is 5.88. The Bertz CT molecular complexity index is 1000. The number of benzene rings is 3. The summed E-state index contributed by atoms with van der Waals surface area (Å²) in [5.41, 5.74) is 3.79. The largest absolute Gasteiger partial charge is 0.350 e. The molecule has 5 heteroatoms. The van der Waals surface area contributed by atoms with Crippen molar-refractivity contribution in [2.75, 3.05) is 0 Å². The van der Waals surface area contributed by atoms with E-state index in [4.69, 9.17) is 0 Å². The van der Waals surface area contributed by atoms with Crippen molar-refractivity contribution in [1.82, 2.24) is 10.2 Å². The summed E-state index contributed by atoms with van der Waals surface area (Å²) in [4.78, 5) is 27.5. The molecule has 31 heavy (non-hydrogen) atoms. The minimum atomic E-state index is -0.674. The molecule has 1 N–H and O–H groups in total. The molecule has 2 amide bonds. The quantitative estimate of drug-likeness (QED) is 0.589. The Labute approximate surface area is 182 Å². The fraction of sp³-hybridized carbons (Fsp3) is 0.231. The van der Waals surface area contributed by atoms with Crippen LogP contribution in [0.15, 0.2) is 78.9 Å². The lowest BCUT2D eigenvalue weighted by Crippen LogP contribution is -2.48. The molecule has 0 heterocycles. The van der Waals surface area contributed by atoms with E-state index in [0.29, 0.717) is 6.54 Å². The molecular formula is C26H27FN2O2.